The normalized spacial score (nSPS) is 11.8. The van der Waals surface area contributed by atoms with E-state index in [0.717, 1.165) is 42.1 Å². The Hall–Kier alpha value is -2.24. The predicted molar refractivity (Wildman–Crippen MR) is 114 cm³/mol. The Morgan fingerprint density at radius 1 is 1.19 bits per heavy atom. The zero-order valence-corrected chi connectivity index (χ0v) is 17.0. The van der Waals surface area contributed by atoms with Crippen LogP contribution in [-0.2, 0) is 20.0 Å². The van der Waals surface area contributed by atoms with Crippen LogP contribution in [0.3, 0.4) is 0 Å². The first-order valence-electron chi connectivity index (χ1n) is 8.94. The SMILES string of the molecule is CCNC(=NCc1cc(Cl)c(Cl)n1C)NCCc1cccc2cccnc12. The molecular formula is C20H23Cl2N5. The highest BCUT2D eigenvalue weighted by molar-refractivity contribution is 6.41. The maximum absolute atomic E-state index is 6.12. The van der Waals surface area contributed by atoms with Crippen LogP contribution in [0.2, 0.25) is 10.2 Å². The Labute approximate surface area is 169 Å². The number of guanidine groups is 1. The third-order valence-corrected chi connectivity index (χ3v) is 5.20. The average Bonchev–Trinajstić information content (AvgIpc) is 2.93. The smallest absolute Gasteiger partial charge is 0.191 e. The number of benzene rings is 1. The maximum atomic E-state index is 6.12. The summed E-state index contributed by atoms with van der Waals surface area (Å²) in [5, 5.41) is 8.88. The first-order chi connectivity index (χ1) is 13.1. The summed E-state index contributed by atoms with van der Waals surface area (Å²) >= 11 is 12.2. The second kappa shape index (κ2) is 9.11. The van der Waals surface area contributed by atoms with Gasteiger partial charge >= 0.3 is 0 Å². The van der Waals surface area contributed by atoms with Crippen molar-refractivity contribution in [3.8, 4) is 0 Å². The predicted octanol–water partition coefficient (Wildman–Crippen LogP) is 4.18. The third kappa shape index (κ3) is 4.73. The third-order valence-electron chi connectivity index (χ3n) is 4.36. The average molecular weight is 404 g/mol. The molecule has 7 heteroatoms. The van der Waals surface area contributed by atoms with Crippen molar-refractivity contribution in [2.24, 2.45) is 12.0 Å². The molecule has 0 bridgehead atoms. The molecule has 142 valence electrons. The molecule has 0 atom stereocenters. The number of rotatable bonds is 6. The number of nitrogens with zero attached hydrogens (tertiary/aromatic N) is 3. The molecular weight excluding hydrogens is 381 g/mol. The van der Waals surface area contributed by atoms with E-state index in [-0.39, 0.29) is 0 Å². The van der Waals surface area contributed by atoms with E-state index in [0.29, 0.717) is 16.7 Å². The molecule has 0 aliphatic rings. The minimum Gasteiger partial charge on any atom is -0.357 e. The Kier molecular flexibility index (Phi) is 6.58. The summed E-state index contributed by atoms with van der Waals surface area (Å²) in [6.07, 6.45) is 2.70. The number of halogens is 2. The van der Waals surface area contributed by atoms with Gasteiger partial charge in [0.05, 0.1) is 17.1 Å². The summed E-state index contributed by atoms with van der Waals surface area (Å²) in [7, 11) is 1.88. The molecule has 0 amide bonds. The number of para-hydroxylation sites is 1. The molecule has 0 radical (unpaired) electrons. The van der Waals surface area contributed by atoms with Gasteiger partial charge < -0.3 is 15.2 Å². The van der Waals surface area contributed by atoms with Crippen LogP contribution in [0.1, 0.15) is 18.2 Å². The van der Waals surface area contributed by atoms with Gasteiger partial charge in [-0.2, -0.15) is 0 Å². The first-order valence-corrected chi connectivity index (χ1v) is 9.70. The number of nitrogens with one attached hydrogen (secondary N) is 2. The van der Waals surface area contributed by atoms with Crippen molar-refractivity contribution in [1.82, 2.24) is 20.2 Å². The number of aromatic nitrogens is 2. The van der Waals surface area contributed by atoms with Crippen molar-refractivity contribution < 1.29 is 0 Å². The fourth-order valence-corrected chi connectivity index (χ4v) is 3.34. The van der Waals surface area contributed by atoms with Crippen LogP contribution >= 0.6 is 23.2 Å². The first kappa shape index (κ1) is 19.5. The van der Waals surface area contributed by atoms with E-state index in [1.165, 1.54) is 5.56 Å². The minimum atomic E-state index is 0.494. The summed E-state index contributed by atoms with van der Waals surface area (Å²) in [5.74, 6) is 0.763. The number of hydrogen-bond donors (Lipinski definition) is 2. The fourth-order valence-electron chi connectivity index (χ4n) is 2.93. The summed E-state index contributed by atoms with van der Waals surface area (Å²) in [4.78, 5) is 9.14. The van der Waals surface area contributed by atoms with Gasteiger partial charge in [0.2, 0.25) is 0 Å². The van der Waals surface area contributed by atoms with Gasteiger partial charge in [0, 0.05) is 37.4 Å². The van der Waals surface area contributed by atoms with E-state index in [1.54, 1.807) is 0 Å². The Bertz CT molecular complexity index is 943. The van der Waals surface area contributed by atoms with Crippen LogP contribution in [0, 0.1) is 0 Å². The van der Waals surface area contributed by atoms with E-state index < -0.39 is 0 Å². The lowest BCUT2D eigenvalue weighted by atomic mass is 10.1. The van der Waals surface area contributed by atoms with Crippen molar-refractivity contribution in [2.45, 2.75) is 19.9 Å². The molecule has 1 aromatic carbocycles. The van der Waals surface area contributed by atoms with Gasteiger partial charge in [-0.05, 0) is 31.0 Å². The highest BCUT2D eigenvalue weighted by atomic mass is 35.5. The molecule has 2 heterocycles. The molecule has 27 heavy (non-hydrogen) atoms. The van der Waals surface area contributed by atoms with Crippen LogP contribution < -0.4 is 10.6 Å². The lowest BCUT2D eigenvalue weighted by Gasteiger charge is -2.12. The molecule has 0 spiro atoms. The molecule has 5 nitrogen and oxygen atoms in total. The van der Waals surface area contributed by atoms with Crippen molar-refractivity contribution in [3.63, 3.8) is 0 Å². The zero-order chi connectivity index (χ0) is 19.2. The Morgan fingerprint density at radius 3 is 2.74 bits per heavy atom. The van der Waals surface area contributed by atoms with Gasteiger partial charge in [-0.3, -0.25) is 4.98 Å². The molecule has 3 rings (SSSR count). The van der Waals surface area contributed by atoms with Crippen molar-refractivity contribution in [3.05, 3.63) is 64.0 Å². The molecule has 3 aromatic rings. The number of aliphatic imine (C=N–C) groups is 1. The van der Waals surface area contributed by atoms with Gasteiger partial charge in [0.15, 0.2) is 5.96 Å². The molecule has 0 unspecified atom stereocenters. The summed E-state index contributed by atoms with van der Waals surface area (Å²) in [6, 6.07) is 12.2. The van der Waals surface area contributed by atoms with Gasteiger partial charge in [0.1, 0.15) is 5.15 Å². The lowest BCUT2D eigenvalue weighted by Crippen LogP contribution is -2.38. The van der Waals surface area contributed by atoms with Crippen molar-refractivity contribution in [1.29, 1.82) is 0 Å². The summed E-state index contributed by atoms with van der Waals surface area (Å²) < 4.78 is 1.85. The lowest BCUT2D eigenvalue weighted by molar-refractivity contribution is 0.780. The number of hydrogen-bond acceptors (Lipinski definition) is 2. The van der Waals surface area contributed by atoms with E-state index in [2.05, 4.69) is 44.9 Å². The van der Waals surface area contributed by atoms with Crippen molar-refractivity contribution >= 4 is 40.1 Å². The largest absolute Gasteiger partial charge is 0.357 e. The Morgan fingerprint density at radius 2 is 2.00 bits per heavy atom. The topological polar surface area (TPSA) is 54.2 Å². The molecule has 2 aromatic heterocycles. The van der Waals surface area contributed by atoms with Crippen LogP contribution in [-0.4, -0.2) is 28.6 Å². The van der Waals surface area contributed by atoms with Gasteiger partial charge in [-0.25, -0.2) is 4.99 Å². The fraction of sp³-hybridized carbons (Fsp3) is 0.300. The summed E-state index contributed by atoms with van der Waals surface area (Å²) in [5.41, 5.74) is 3.23. The quantitative estimate of drug-likeness (QED) is 0.479. The van der Waals surface area contributed by atoms with Crippen LogP contribution in [0.4, 0.5) is 0 Å². The zero-order valence-electron chi connectivity index (χ0n) is 15.5. The molecule has 0 saturated carbocycles. The molecule has 0 fully saturated rings. The molecule has 2 N–H and O–H groups in total. The van der Waals surface area contributed by atoms with Crippen LogP contribution in [0.25, 0.3) is 10.9 Å². The van der Waals surface area contributed by atoms with Crippen LogP contribution in [0.15, 0.2) is 47.6 Å². The second-order valence-electron chi connectivity index (χ2n) is 6.20. The molecule has 0 aliphatic carbocycles. The number of fused-ring (bicyclic) bond motifs is 1. The van der Waals surface area contributed by atoms with Gasteiger partial charge in [-0.15, -0.1) is 0 Å². The Balaban J connectivity index is 1.65. The minimum absolute atomic E-state index is 0.494. The standard InChI is InChI=1S/C20H23Cl2N5/c1-3-23-20(26-13-16-12-17(21)19(22)27(16)2)25-11-9-15-7-4-6-14-8-5-10-24-18(14)15/h4-8,10,12H,3,9,11,13H2,1-2H3,(H2,23,25,26). The van der Waals surface area contributed by atoms with Gasteiger partial charge in [-0.1, -0.05) is 47.5 Å². The van der Waals surface area contributed by atoms with Crippen LogP contribution in [0.5, 0.6) is 0 Å². The van der Waals surface area contributed by atoms with E-state index >= 15 is 0 Å². The van der Waals surface area contributed by atoms with E-state index in [1.807, 2.05) is 36.9 Å². The monoisotopic (exact) mass is 403 g/mol. The highest BCUT2D eigenvalue weighted by Crippen LogP contribution is 2.25. The highest BCUT2D eigenvalue weighted by Gasteiger charge is 2.09. The second-order valence-corrected chi connectivity index (χ2v) is 6.96. The van der Waals surface area contributed by atoms with E-state index in [9.17, 15) is 0 Å². The van der Waals surface area contributed by atoms with Crippen molar-refractivity contribution in [2.75, 3.05) is 13.1 Å². The number of pyridine rings is 1. The van der Waals surface area contributed by atoms with Gasteiger partial charge in [0.25, 0.3) is 0 Å². The van der Waals surface area contributed by atoms with E-state index in [4.69, 9.17) is 23.2 Å². The molecule has 0 aliphatic heterocycles. The molecule has 0 saturated heterocycles. The maximum Gasteiger partial charge on any atom is 0.191 e. The summed E-state index contributed by atoms with van der Waals surface area (Å²) in [6.45, 7) is 4.09.